The quantitative estimate of drug-likeness (QED) is 0.937. The molecule has 3 rings (SSSR count). The summed E-state index contributed by atoms with van der Waals surface area (Å²) in [5.74, 6) is 2.29. The van der Waals surface area contributed by atoms with E-state index in [0.29, 0.717) is 12.3 Å². The number of benzene rings is 1. The van der Waals surface area contributed by atoms with Gasteiger partial charge < -0.3 is 15.2 Å². The van der Waals surface area contributed by atoms with Crippen LogP contribution in [-0.2, 0) is 12.8 Å². The first-order valence-electron chi connectivity index (χ1n) is 7.20. The standard InChI is InChI=1S/C17H20N2O2/c1-17(2)9-13-4-3-5-15(16(13)21-17)20-14-8-12(6-7-18)10-19-11-14/h3-5,8,10-11H,6-7,9,18H2,1-2H3. The van der Waals surface area contributed by atoms with E-state index in [1.54, 1.807) is 6.20 Å². The Morgan fingerprint density at radius 1 is 1.33 bits per heavy atom. The number of nitrogens with two attached hydrogens (primary N) is 1. The molecule has 0 spiro atoms. The Morgan fingerprint density at radius 3 is 3.00 bits per heavy atom. The maximum absolute atomic E-state index is 6.01. The first-order valence-corrected chi connectivity index (χ1v) is 7.20. The highest BCUT2D eigenvalue weighted by Gasteiger charge is 2.32. The SMILES string of the molecule is CC1(C)Cc2cccc(Oc3cncc(CCN)c3)c2O1. The summed E-state index contributed by atoms with van der Waals surface area (Å²) in [5, 5.41) is 0. The van der Waals surface area contributed by atoms with Crippen molar-refractivity contribution in [3.63, 3.8) is 0 Å². The van der Waals surface area contributed by atoms with Crippen LogP contribution in [0.5, 0.6) is 17.2 Å². The van der Waals surface area contributed by atoms with Gasteiger partial charge in [-0.3, -0.25) is 4.98 Å². The minimum absolute atomic E-state index is 0.179. The lowest BCUT2D eigenvalue weighted by molar-refractivity contribution is 0.135. The van der Waals surface area contributed by atoms with E-state index in [4.69, 9.17) is 15.2 Å². The van der Waals surface area contributed by atoms with Crippen LogP contribution in [-0.4, -0.2) is 17.1 Å². The first kappa shape index (κ1) is 13.9. The largest absolute Gasteiger partial charge is 0.483 e. The van der Waals surface area contributed by atoms with Crippen LogP contribution >= 0.6 is 0 Å². The van der Waals surface area contributed by atoms with E-state index in [1.165, 1.54) is 5.56 Å². The summed E-state index contributed by atoms with van der Waals surface area (Å²) in [4.78, 5) is 4.20. The van der Waals surface area contributed by atoms with E-state index in [9.17, 15) is 0 Å². The molecule has 2 N–H and O–H groups in total. The van der Waals surface area contributed by atoms with Crippen molar-refractivity contribution in [3.05, 3.63) is 47.8 Å². The smallest absolute Gasteiger partial charge is 0.169 e. The second kappa shape index (κ2) is 5.37. The summed E-state index contributed by atoms with van der Waals surface area (Å²) in [7, 11) is 0. The lowest BCUT2D eigenvalue weighted by atomic mass is 10.0. The average Bonchev–Trinajstić information content (AvgIpc) is 2.75. The van der Waals surface area contributed by atoms with Gasteiger partial charge >= 0.3 is 0 Å². The van der Waals surface area contributed by atoms with Gasteiger partial charge in [-0.05, 0) is 44.5 Å². The molecule has 0 bridgehead atoms. The van der Waals surface area contributed by atoms with E-state index in [1.807, 2.05) is 24.4 Å². The lowest BCUT2D eigenvalue weighted by Crippen LogP contribution is -2.24. The monoisotopic (exact) mass is 284 g/mol. The third-order valence-corrected chi connectivity index (χ3v) is 3.49. The van der Waals surface area contributed by atoms with Crippen molar-refractivity contribution in [2.45, 2.75) is 32.3 Å². The summed E-state index contributed by atoms with van der Waals surface area (Å²) in [6, 6.07) is 7.98. The van der Waals surface area contributed by atoms with Crippen molar-refractivity contribution in [3.8, 4) is 17.2 Å². The van der Waals surface area contributed by atoms with Crippen molar-refractivity contribution >= 4 is 0 Å². The molecule has 2 heterocycles. The number of pyridine rings is 1. The maximum atomic E-state index is 6.01. The van der Waals surface area contributed by atoms with Gasteiger partial charge in [0.25, 0.3) is 0 Å². The van der Waals surface area contributed by atoms with Gasteiger partial charge in [-0.2, -0.15) is 0 Å². The molecule has 1 aliphatic heterocycles. The van der Waals surface area contributed by atoms with Gasteiger partial charge in [0, 0.05) is 18.2 Å². The van der Waals surface area contributed by atoms with Crippen LogP contribution < -0.4 is 15.2 Å². The molecule has 0 unspecified atom stereocenters. The number of ether oxygens (including phenoxy) is 2. The molecule has 0 aliphatic carbocycles. The Labute approximate surface area is 124 Å². The predicted octanol–water partition coefficient (Wildman–Crippen LogP) is 3.09. The van der Waals surface area contributed by atoms with E-state index >= 15 is 0 Å². The van der Waals surface area contributed by atoms with Gasteiger partial charge in [-0.1, -0.05) is 12.1 Å². The summed E-state index contributed by atoms with van der Waals surface area (Å²) in [6.07, 6.45) is 5.21. The predicted molar refractivity (Wildman–Crippen MR) is 81.9 cm³/mol. The minimum Gasteiger partial charge on any atom is -0.483 e. The van der Waals surface area contributed by atoms with Crippen molar-refractivity contribution in [1.82, 2.24) is 4.98 Å². The van der Waals surface area contributed by atoms with Crippen LogP contribution in [0.1, 0.15) is 25.0 Å². The van der Waals surface area contributed by atoms with Crippen LogP contribution in [0.25, 0.3) is 0 Å². The van der Waals surface area contributed by atoms with Crippen LogP contribution in [0.3, 0.4) is 0 Å². The zero-order chi connectivity index (χ0) is 14.9. The van der Waals surface area contributed by atoms with Gasteiger partial charge in [-0.15, -0.1) is 0 Å². The highest BCUT2D eigenvalue weighted by Crippen LogP contribution is 2.43. The normalized spacial score (nSPS) is 15.4. The Morgan fingerprint density at radius 2 is 2.19 bits per heavy atom. The minimum atomic E-state index is -0.179. The van der Waals surface area contributed by atoms with Crippen LogP contribution in [0.4, 0.5) is 0 Å². The zero-order valence-corrected chi connectivity index (χ0v) is 12.4. The molecule has 0 amide bonds. The van der Waals surface area contributed by atoms with Gasteiger partial charge in [0.1, 0.15) is 11.4 Å². The highest BCUT2D eigenvalue weighted by molar-refractivity contribution is 5.51. The van der Waals surface area contributed by atoms with Crippen molar-refractivity contribution < 1.29 is 9.47 Å². The van der Waals surface area contributed by atoms with Gasteiger partial charge in [0.05, 0.1) is 6.20 Å². The molecular formula is C17H20N2O2. The third-order valence-electron chi connectivity index (χ3n) is 3.49. The Bertz CT molecular complexity index is 653. The first-order chi connectivity index (χ1) is 10.1. The maximum Gasteiger partial charge on any atom is 0.169 e. The van der Waals surface area contributed by atoms with Crippen LogP contribution in [0.15, 0.2) is 36.7 Å². The molecule has 1 aromatic heterocycles. The summed E-state index contributed by atoms with van der Waals surface area (Å²) < 4.78 is 12.0. The fourth-order valence-corrected chi connectivity index (χ4v) is 2.62. The molecule has 0 atom stereocenters. The molecule has 0 radical (unpaired) electrons. The number of aromatic nitrogens is 1. The number of para-hydroxylation sites is 1. The van der Waals surface area contributed by atoms with Crippen LogP contribution in [0.2, 0.25) is 0 Å². The van der Waals surface area contributed by atoms with E-state index < -0.39 is 0 Å². The molecule has 2 aromatic rings. The molecule has 4 nitrogen and oxygen atoms in total. The number of nitrogens with zero attached hydrogens (tertiary/aromatic N) is 1. The summed E-state index contributed by atoms with van der Waals surface area (Å²) in [6.45, 7) is 4.77. The topological polar surface area (TPSA) is 57.4 Å². The Balaban J connectivity index is 1.87. The molecule has 4 heteroatoms. The Kier molecular flexibility index (Phi) is 3.55. The van der Waals surface area contributed by atoms with E-state index in [0.717, 1.165) is 29.9 Å². The number of fused-ring (bicyclic) bond motifs is 1. The van der Waals surface area contributed by atoms with Gasteiger partial charge in [-0.25, -0.2) is 0 Å². The number of hydrogen-bond acceptors (Lipinski definition) is 4. The molecule has 0 fully saturated rings. The summed E-state index contributed by atoms with van der Waals surface area (Å²) in [5.41, 5.74) is 7.66. The number of hydrogen-bond donors (Lipinski definition) is 1. The van der Waals surface area contributed by atoms with E-state index in [-0.39, 0.29) is 5.60 Å². The molecular weight excluding hydrogens is 264 g/mol. The molecule has 1 aliphatic rings. The zero-order valence-electron chi connectivity index (χ0n) is 12.4. The van der Waals surface area contributed by atoms with Gasteiger partial charge in [0.2, 0.25) is 0 Å². The van der Waals surface area contributed by atoms with Crippen molar-refractivity contribution in [2.24, 2.45) is 5.73 Å². The molecule has 110 valence electrons. The second-order valence-corrected chi connectivity index (χ2v) is 5.95. The molecule has 1 aromatic carbocycles. The molecule has 0 saturated heterocycles. The van der Waals surface area contributed by atoms with Crippen molar-refractivity contribution in [2.75, 3.05) is 6.54 Å². The van der Waals surface area contributed by atoms with E-state index in [2.05, 4.69) is 24.9 Å². The summed E-state index contributed by atoms with van der Waals surface area (Å²) >= 11 is 0. The fourth-order valence-electron chi connectivity index (χ4n) is 2.62. The van der Waals surface area contributed by atoms with Crippen LogP contribution in [0, 0.1) is 0 Å². The van der Waals surface area contributed by atoms with Crippen molar-refractivity contribution in [1.29, 1.82) is 0 Å². The van der Waals surface area contributed by atoms with Gasteiger partial charge in [0.15, 0.2) is 11.5 Å². The number of rotatable bonds is 4. The lowest BCUT2D eigenvalue weighted by Gasteiger charge is -2.18. The second-order valence-electron chi connectivity index (χ2n) is 5.95. The molecule has 0 saturated carbocycles. The molecule has 21 heavy (non-hydrogen) atoms. The average molecular weight is 284 g/mol. The Hall–Kier alpha value is -2.07. The fraction of sp³-hybridized carbons (Fsp3) is 0.353. The third kappa shape index (κ3) is 3.00. The highest BCUT2D eigenvalue weighted by atomic mass is 16.5.